The fraction of sp³-hybridized carbons (Fsp3) is 0.923. The number of hydrogen-bond donors (Lipinski definition) is 0. The highest BCUT2D eigenvalue weighted by Crippen LogP contribution is 2.24. The first-order valence-corrected chi connectivity index (χ1v) is 6.25. The van der Waals surface area contributed by atoms with Crippen molar-refractivity contribution in [3.8, 4) is 6.07 Å². The van der Waals surface area contributed by atoms with Crippen LogP contribution in [0.4, 0.5) is 0 Å². The Kier molecular flexibility index (Phi) is 5.11. The minimum Gasteiger partial charge on any atom is -0.302 e. The van der Waals surface area contributed by atoms with Crippen LogP contribution in [-0.2, 0) is 0 Å². The molecule has 0 aliphatic carbocycles. The Morgan fingerprint density at radius 1 is 1.27 bits per heavy atom. The van der Waals surface area contributed by atoms with E-state index in [0.717, 1.165) is 18.4 Å². The first kappa shape index (κ1) is 12.5. The van der Waals surface area contributed by atoms with Gasteiger partial charge in [0.25, 0.3) is 0 Å². The van der Waals surface area contributed by atoms with E-state index in [0.29, 0.717) is 0 Å². The van der Waals surface area contributed by atoms with Crippen molar-refractivity contribution in [1.82, 2.24) is 4.90 Å². The second-order valence-corrected chi connectivity index (χ2v) is 5.27. The van der Waals surface area contributed by atoms with Crippen LogP contribution in [0, 0.1) is 29.1 Å². The van der Waals surface area contributed by atoms with Gasteiger partial charge in [0.15, 0.2) is 0 Å². The predicted molar refractivity (Wildman–Crippen MR) is 63.4 cm³/mol. The molecular formula is C13H24N2. The van der Waals surface area contributed by atoms with E-state index in [1.54, 1.807) is 0 Å². The number of rotatable bonds is 3. The molecule has 15 heavy (non-hydrogen) atoms. The summed E-state index contributed by atoms with van der Waals surface area (Å²) in [5.41, 5.74) is 0. The van der Waals surface area contributed by atoms with Gasteiger partial charge in [-0.1, -0.05) is 13.8 Å². The van der Waals surface area contributed by atoms with Gasteiger partial charge in [-0.25, -0.2) is 0 Å². The molecule has 1 rings (SSSR count). The largest absolute Gasteiger partial charge is 0.302 e. The molecule has 0 aromatic heterocycles. The smallest absolute Gasteiger partial charge is 0.0666 e. The molecule has 2 atom stereocenters. The predicted octanol–water partition coefficient (Wildman–Crippen LogP) is 2.90. The Bertz CT molecular complexity index is 217. The van der Waals surface area contributed by atoms with Gasteiger partial charge in [-0.05, 0) is 51.1 Å². The lowest BCUT2D eigenvalue weighted by atomic mass is 9.89. The van der Waals surface area contributed by atoms with E-state index in [-0.39, 0.29) is 5.92 Å². The lowest BCUT2D eigenvalue weighted by Gasteiger charge is -2.21. The second-order valence-electron chi connectivity index (χ2n) is 5.27. The molecule has 2 unspecified atom stereocenters. The van der Waals surface area contributed by atoms with Gasteiger partial charge < -0.3 is 4.90 Å². The lowest BCUT2D eigenvalue weighted by molar-refractivity contribution is 0.255. The van der Waals surface area contributed by atoms with Crippen molar-refractivity contribution in [3.63, 3.8) is 0 Å². The third-order valence-corrected chi connectivity index (χ3v) is 3.56. The first-order valence-electron chi connectivity index (χ1n) is 6.25. The van der Waals surface area contributed by atoms with E-state index in [2.05, 4.69) is 24.8 Å². The first-order chi connectivity index (χ1) is 7.13. The Morgan fingerprint density at radius 2 is 2.00 bits per heavy atom. The van der Waals surface area contributed by atoms with E-state index < -0.39 is 0 Å². The highest BCUT2D eigenvalue weighted by molar-refractivity contribution is 4.82. The highest BCUT2D eigenvalue weighted by Gasteiger charge is 2.20. The van der Waals surface area contributed by atoms with Gasteiger partial charge >= 0.3 is 0 Å². The summed E-state index contributed by atoms with van der Waals surface area (Å²) in [6.45, 7) is 10.0. The van der Waals surface area contributed by atoms with Crippen LogP contribution in [-0.4, -0.2) is 24.5 Å². The topological polar surface area (TPSA) is 27.0 Å². The van der Waals surface area contributed by atoms with E-state index in [1.807, 2.05) is 6.92 Å². The summed E-state index contributed by atoms with van der Waals surface area (Å²) >= 11 is 0. The van der Waals surface area contributed by atoms with Crippen LogP contribution in [0.15, 0.2) is 0 Å². The van der Waals surface area contributed by atoms with Gasteiger partial charge in [-0.3, -0.25) is 0 Å². The summed E-state index contributed by atoms with van der Waals surface area (Å²) in [7, 11) is 0. The standard InChI is InChI=1S/C13H24N2/c1-11(2)13-5-4-7-15(8-6-13)10-12(3)9-14/h11-13H,4-8,10H2,1-3H3. The number of nitriles is 1. The number of likely N-dealkylation sites (tertiary alicyclic amines) is 1. The van der Waals surface area contributed by atoms with Crippen LogP contribution >= 0.6 is 0 Å². The maximum Gasteiger partial charge on any atom is 0.0666 e. The maximum absolute atomic E-state index is 8.80. The molecule has 1 fully saturated rings. The molecule has 0 N–H and O–H groups in total. The van der Waals surface area contributed by atoms with E-state index in [4.69, 9.17) is 5.26 Å². The fourth-order valence-electron chi connectivity index (χ4n) is 2.46. The summed E-state index contributed by atoms with van der Waals surface area (Å²) in [5, 5.41) is 8.80. The summed E-state index contributed by atoms with van der Waals surface area (Å²) < 4.78 is 0. The summed E-state index contributed by atoms with van der Waals surface area (Å²) in [5.74, 6) is 1.89. The molecule has 1 heterocycles. The Balaban J connectivity index is 2.36. The molecule has 1 saturated heterocycles. The zero-order chi connectivity index (χ0) is 11.3. The quantitative estimate of drug-likeness (QED) is 0.713. The molecule has 0 aromatic carbocycles. The van der Waals surface area contributed by atoms with Crippen molar-refractivity contribution in [2.45, 2.75) is 40.0 Å². The van der Waals surface area contributed by atoms with Crippen LogP contribution in [0.1, 0.15) is 40.0 Å². The third kappa shape index (κ3) is 4.22. The van der Waals surface area contributed by atoms with Crippen LogP contribution in [0.2, 0.25) is 0 Å². The molecule has 86 valence electrons. The molecular weight excluding hydrogens is 184 g/mol. The molecule has 0 radical (unpaired) electrons. The van der Waals surface area contributed by atoms with Gasteiger partial charge in [0.1, 0.15) is 0 Å². The minimum absolute atomic E-state index is 0.181. The molecule has 0 amide bonds. The van der Waals surface area contributed by atoms with E-state index >= 15 is 0 Å². The Hall–Kier alpha value is -0.550. The summed E-state index contributed by atoms with van der Waals surface area (Å²) in [4.78, 5) is 2.47. The normalized spacial score (nSPS) is 25.9. The van der Waals surface area contributed by atoms with Crippen molar-refractivity contribution in [2.75, 3.05) is 19.6 Å². The Labute approximate surface area is 94.3 Å². The lowest BCUT2D eigenvalue weighted by Crippen LogP contribution is -2.29. The molecule has 0 bridgehead atoms. The average molecular weight is 208 g/mol. The van der Waals surface area contributed by atoms with Gasteiger partial charge in [0.05, 0.1) is 12.0 Å². The zero-order valence-electron chi connectivity index (χ0n) is 10.4. The third-order valence-electron chi connectivity index (χ3n) is 3.56. The second kappa shape index (κ2) is 6.12. The monoisotopic (exact) mass is 208 g/mol. The Morgan fingerprint density at radius 3 is 2.60 bits per heavy atom. The van der Waals surface area contributed by atoms with Crippen molar-refractivity contribution >= 4 is 0 Å². The molecule has 0 aromatic rings. The van der Waals surface area contributed by atoms with Crippen LogP contribution in [0.25, 0.3) is 0 Å². The number of nitrogens with zero attached hydrogens (tertiary/aromatic N) is 2. The van der Waals surface area contributed by atoms with E-state index in [9.17, 15) is 0 Å². The van der Waals surface area contributed by atoms with E-state index in [1.165, 1.54) is 32.4 Å². The molecule has 1 aliphatic heterocycles. The van der Waals surface area contributed by atoms with Crippen LogP contribution < -0.4 is 0 Å². The van der Waals surface area contributed by atoms with Gasteiger partial charge in [0.2, 0.25) is 0 Å². The number of hydrogen-bond acceptors (Lipinski definition) is 2. The zero-order valence-corrected chi connectivity index (χ0v) is 10.4. The van der Waals surface area contributed by atoms with Crippen molar-refractivity contribution in [1.29, 1.82) is 5.26 Å². The average Bonchev–Trinajstić information content (AvgIpc) is 2.43. The SMILES string of the molecule is CC(C#N)CN1CCCC(C(C)C)CC1. The van der Waals surface area contributed by atoms with Gasteiger partial charge in [-0.2, -0.15) is 5.26 Å². The van der Waals surface area contributed by atoms with Gasteiger partial charge in [0, 0.05) is 6.54 Å². The summed E-state index contributed by atoms with van der Waals surface area (Å²) in [6.07, 6.45) is 3.99. The maximum atomic E-state index is 8.80. The molecule has 0 saturated carbocycles. The minimum atomic E-state index is 0.181. The van der Waals surface area contributed by atoms with Crippen LogP contribution in [0.5, 0.6) is 0 Å². The van der Waals surface area contributed by atoms with Crippen molar-refractivity contribution in [2.24, 2.45) is 17.8 Å². The molecule has 1 aliphatic rings. The van der Waals surface area contributed by atoms with Crippen molar-refractivity contribution < 1.29 is 0 Å². The van der Waals surface area contributed by atoms with Gasteiger partial charge in [-0.15, -0.1) is 0 Å². The molecule has 2 heteroatoms. The molecule has 0 spiro atoms. The fourth-order valence-corrected chi connectivity index (χ4v) is 2.46. The highest BCUT2D eigenvalue weighted by atomic mass is 15.1. The van der Waals surface area contributed by atoms with Crippen LogP contribution in [0.3, 0.4) is 0 Å². The van der Waals surface area contributed by atoms with Crippen molar-refractivity contribution in [3.05, 3.63) is 0 Å². The molecule has 2 nitrogen and oxygen atoms in total. The summed E-state index contributed by atoms with van der Waals surface area (Å²) in [6, 6.07) is 2.32.